The molecule has 3 N–H and O–H groups in total. The van der Waals surface area contributed by atoms with Gasteiger partial charge in [0.25, 0.3) is 0 Å². The summed E-state index contributed by atoms with van der Waals surface area (Å²) in [7, 11) is -2.46. The van der Waals surface area contributed by atoms with Crippen molar-refractivity contribution >= 4 is 16.0 Å². The summed E-state index contributed by atoms with van der Waals surface area (Å²) in [5.74, 6) is -1.17. The number of carbonyl (C=O) groups is 1. The molecule has 0 unspecified atom stereocenters. The highest BCUT2D eigenvalue weighted by atomic mass is 32.2. The highest BCUT2D eigenvalue weighted by Gasteiger charge is 2.18. The van der Waals surface area contributed by atoms with Crippen LogP contribution < -0.4 is 9.46 Å². The van der Waals surface area contributed by atoms with E-state index in [-0.39, 0.29) is 29.4 Å². The van der Waals surface area contributed by atoms with Gasteiger partial charge in [0.2, 0.25) is 10.0 Å². The van der Waals surface area contributed by atoms with Crippen LogP contribution in [0, 0.1) is 0 Å². The lowest BCUT2D eigenvalue weighted by atomic mass is 10.2. The summed E-state index contributed by atoms with van der Waals surface area (Å²) in [4.78, 5) is 10.9. The van der Waals surface area contributed by atoms with E-state index in [1.165, 1.54) is 19.2 Å². The van der Waals surface area contributed by atoms with E-state index in [0.29, 0.717) is 12.8 Å². The average Bonchev–Trinajstić information content (AvgIpc) is 2.42. The number of carboxylic acids is 1. The number of aliphatic hydroxyl groups excluding tert-OH is 1. The van der Waals surface area contributed by atoms with Crippen molar-refractivity contribution in [1.29, 1.82) is 0 Å². The summed E-state index contributed by atoms with van der Waals surface area (Å²) < 4.78 is 31.1. The molecule has 112 valence electrons. The van der Waals surface area contributed by atoms with Gasteiger partial charge in [-0.2, -0.15) is 0 Å². The predicted octanol–water partition coefficient (Wildman–Crippen LogP) is 0.444. The maximum Gasteiger partial charge on any atom is 0.339 e. The van der Waals surface area contributed by atoms with Crippen LogP contribution in [0.15, 0.2) is 23.1 Å². The third-order valence-electron chi connectivity index (χ3n) is 2.59. The van der Waals surface area contributed by atoms with Gasteiger partial charge in [-0.1, -0.05) is 0 Å². The van der Waals surface area contributed by atoms with E-state index in [2.05, 4.69) is 4.72 Å². The van der Waals surface area contributed by atoms with Crippen LogP contribution in [0.3, 0.4) is 0 Å². The molecule has 0 atom stereocenters. The maximum atomic E-state index is 12.0. The Morgan fingerprint density at radius 1 is 1.35 bits per heavy atom. The Hall–Kier alpha value is -1.64. The van der Waals surface area contributed by atoms with Crippen molar-refractivity contribution in [2.24, 2.45) is 0 Å². The van der Waals surface area contributed by atoms with Crippen molar-refractivity contribution in [1.82, 2.24) is 4.72 Å². The summed E-state index contributed by atoms with van der Waals surface area (Å²) in [6.45, 7) is 0.171. The van der Waals surface area contributed by atoms with Crippen LogP contribution in [0.1, 0.15) is 23.2 Å². The number of carboxylic acid groups (broad SMARTS) is 1. The monoisotopic (exact) mass is 303 g/mol. The van der Waals surface area contributed by atoms with E-state index in [1.54, 1.807) is 0 Å². The predicted molar refractivity (Wildman–Crippen MR) is 71.5 cm³/mol. The van der Waals surface area contributed by atoms with Gasteiger partial charge in [-0.3, -0.25) is 0 Å². The zero-order valence-corrected chi connectivity index (χ0v) is 11.8. The lowest BCUT2D eigenvalue weighted by Gasteiger charge is -2.09. The summed E-state index contributed by atoms with van der Waals surface area (Å²) in [5.41, 5.74) is -0.217. The van der Waals surface area contributed by atoms with Crippen LogP contribution in [-0.4, -0.2) is 44.9 Å². The Bertz CT molecular complexity index is 569. The molecule has 1 aromatic carbocycles. The van der Waals surface area contributed by atoms with Crippen LogP contribution in [0.5, 0.6) is 5.75 Å². The second-order valence-corrected chi connectivity index (χ2v) is 5.76. The smallest absolute Gasteiger partial charge is 0.339 e. The van der Waals surface area contributed by atoms with Gasteiger partial charge in [0.05, 0.1) is 12.0 Å². The Kier molecular flexibility index (Phi) is 5.93. The molecule has 1 aromatic rings. The number of hydrogen-bond donors (Lipinski definition) is 3. The zero-order chi connectivity index (χ0) is 15.2. The Labute approximate surface area is 117 Å². The highest BCUT2D eigenvalue weighted by molar-refractivity contribution is 7.89. The standard InChI is InChI=1S/C12H17NO6S/c1-19-11-5-4-9(8-10(11)12(15)16)20(17,18)13-6-2-3-7-14/h4-5,8,13-14H,2-3,6-7H2,1H3,(H,15,16). The molecule has 0 bridgehead atoms. The normalized spacial score (nSPS) is 11.3. The van der Waals surface area contributed by atoms with Crippen molar-refractivity contribution < 1.29 is 28.2 Å². The maximum absolute atomic E-state index is 12.0. The first-order valence-electron chi connectivity index (χ1n) is 5.94. The molecule has 20 heavy (non-hydrogen) atoms. The number of ether oxygens (including phenoxy) is 1. The number of nitrogens with one attached hydrogen (secondary N) is 1. The fraction of sp³-hybridized carbons (Fsp3) is 0.417. The molecule has 0 aliphatic rings. The van der Waals surface area contributed by atoms with E-state index >= 15 is 0 Å². The van der Waals surface area contributed by atoms with E-state index in [4.69, 9.17) is 14.9 Å². The van der Waals surface area contributed by atoms with E-state index in [0.717, 1.165) is 6.07 Å². The third-order valence-corrected chi connectivity index (χ3v) is 4.05. The quantitative estimate of drug-likeness (QED) is 0.601. The highest BCUT2D eigenvalue weighted by Crippen LogP contribution is 2.22. The topological polar surface area (TPSA) is 113 Å². The van der Waals surface area contributed by atoms with Gasteiger partial charge in [0, 0.05) is 13.2 Å². The minimum atomic E-state index is -3.77. The lowest BCUT2D eigenvalue weighted by molar-refractivity contribution is 0.0693. The number of methoxy groups -OCH3 is 1. The van der Waals surface area contributed by atoms with Gasteiger partial charge >= 0.3 is 5.97 Å². The van der Waals surface area contributed by atoms with Crippen molar-refractivity contribution in [3.8, 4) is 5.75 Å². The van der Waals surface area contributed by atoms with Crippen molar-refractivity contribution in [3.63, 3.8) is 0 Å². The van der Waals surface area contributed by atoms with Gasteiger partial charge in [0.1, 0.15) is 11.3 Å². The number of rotatable bonds is 8. The molecule has 0 aromatic heterocycles. The molecule has 0 saturated carbocycles. The molecule has 1 rings (SSSR count). The van der Waals surface area contributed by atoms with Gasteiger partial charge in [-0.25, -0.2) is 17.9 Å². The van der Waals surface area contributed by atoms with Crippen molar-refractivity contribution in [2.45, 2.75) is 17.7 Å². The van der Waals surface area contributed by atoms with Crippen molar-refractivity contribution in [3.05, 3.63) is 23.8 Å². The number of benzene rings is 1. The van der Waals surface area contributed by atoms with Crippen molar-refractivity contribution in [2.75, 3.05) is 20.3 Å². The largest absolute Gasteiger partial charge is 0.496 e. The first kappa shape index (κ1) is 16.4. The molecule has 0 heterocycles. The first-order valence-corrected chi connectivity index (χ1v) is 7.42. The number of hydrogen-bond acceptors (Lipinski definition) is 5. The molecule has 0 spiro atoms. The average molecular weight is 303 g/mol. The number of aliphatic hydroxyl groups is 1. The molecule has 0 saturated heterocycles. The fourth-order valence-corrected chi connectivity index (χ4v) is 2.65. The second kappa shape index (κ2) is 7.22. The fourth-order valence-electron chi connectivity index (χ4n) is 1.55. The minimum absolute atomic E-state index is 0.00652. The summed E-state index contributed by atoms with van der Waals surface area (Å²) in [6.07, 6.45) is 0.989. The zero-order valence-electron chi connectivity index (χ0n) is 11.0. The Morgan fingerprint density at radius 3 is 2.60 bits per heavy atom. The SMILES string of the molecule is COc1ccc(S(=O)(=O)NCCCCO)cc1C(=O)O. The van der Waals surface area contributed by atoms with Crippen LogP contribution >= 0.6 is 0 Å². The van der Waals surface area contributed by atoms with Crippen LogP contribution in [0.2, 0.25) is 0 Å². The van der Waals surface area contributed by atoms with Crippen LogP contribution in [-0.2, 0) is 10.0 Å². The molecule has 8 heteroatoms. The van der Waals surface area contributed by atoms with Crippen LogP contribution in [0.4, 0.5) is 0 Å². The summed E-state index contributed by atoms with van der Waals surface area (Å²) in [5, 5.41) is 17.6. The Balaban J connectivity index is 2.95. The number of sulfonamides is 1. The van der Waals surface area contributed by atoms with Crippen LogP contribution in [0.25, 0.3) is 0 Å². The molecule has 0 radical (unpaired) electrons. The molecule has 7 nitrogen and oxygen atoms in total. The number of unbranched alkanes of at least 4 members (excludes halogenated alkanes) is 1. The molecule has 0 aliphatic carbocycles. The summed E-state index contributed by atoms with van der Waals surface area (Å²) >= 11 is 0. The van der Waals surface area contributed by atoms with E-state index in [1.807, 2.05) is 0 Å². The molecular weight excluding hydrogens is 286 g/mol. The first-order chi connectivity index (χ1) is 9.42. The molecule has 0 aliphatic heterocycles. The van der Waals surface area contributed by atoms with E-state index in [9.17, 15) is 13.2 Å². The second-order valence-electron chi connectivity index (χ2n) is 4.00. The molecule has 0 amide bonds. The number of aromatic carboxylic acids is 1. The van der Waals surface area contributed by atoms with Gasteiger partial charge in [-0.05, 0) is 31.0 Å². The third kappa shape index (κ3) is 4.19. The summed E-state index contributed by atoms with van der Waals surface area (Å²) in [6, 6.07) is 3.63. The molecular formula is C12H17NO6S. The van der Waals surface area contributed by atoms with E-state index < -0.39 is 16.0 Å². The Morgan fingerprint density at radius 2 is 2.05 bits per heavy atom. The van der Waals surface area contributed by atoms with Gasteiger partial charge < -0.3 is 14.9 Å². The van der Waals surface area contributed by atoms with Gasteiger partial charge in [-0.15, -0.1) is 0 Å². The molecule has 0 fully saturated rings. The lowest BCUT2D eigenvalue weighted by Crippen LogP contribution is -2.25. The van der Waals surface area contributed by atoms with Gasteiger partial charge in [0.15, 0.2) is 0 Å². The minimum Gasteiger partial charge on any atom is -0.496 e.